The van der Waals surface area contributed by atoms with Crippen LogP contribution in [0.15, 0.2) is 36.4 Å². The zero-order valence-electron chi connectivity index (χ0n) is 16.5. The van der Waals surface area contributed by atoms with E-state index in [2.05, 4.69) is 21.2 Å². The summed E-state index contributed by atoms with van der Waals surface area (Å²) in [6.07, 6.45) is 0. The first kappa shape index (κ1) is 20.2. The van der Waals surface area contributed by atoms with Gasteiger partial charge in [-0.25, -0.2) is 0 Å². The van der Waals surface area contributed by atoms with Gasteiger partial charge in [0.25, 0.3) is 5.69 Å². The van der Waals surface area contributed by atoms with Gasteiger partial charge < -0.3 is 24.4 Å². The molecular weight excluding hydrogens is 408 g/mol. The van der Waals surface area contributed by atoms with Crippen LogP contribution in [-0.2, 0) is 6.54 Å². The molecule has 1 fully saturated rings. The number of anilines is 1. The minimum absolute atomic E-state index is 0.0274. The van der Waals surface area contributed by atoms with E-state index in [1.807, 2.05) is 12.1 Å². The number of nitrogens with zero attached hydrogens (tertiary/aromatic N) is 3. The van der Waals surface area contributed by atoms with Gasteiger partial charge in [0, 0.05) is 38.8 Å². The van der Waals surface area contributed by atoms with E-state index >= 15 is 0 Å². The molecule has 0 bridgehead atoms. The number of rotatable bonds is 5. The lowest BCUT2D eigenvalue weighted by molar-refractivity contribution is -0.384. The lowest BCUT2D eigenvalue weighted by Gasteiger charge is -2.36. The normalized spacial score (nSPS) is 15.7. The number of nitro benzene ring substituents is 1. The third-order valence-corrected chi connectivity index (χ3v) is 5.50. The Morgan fingerprint density at radius 2 is 1.93 bits per heavy atom. The number of methoxy groups -OCH3 is 1. The summed E-state index contributed by atoms with van der Waals surface area (Å²) < 4.78 is 16.1. The van der Waals surface area contributed by atoms with Crippen LogP contribution < -0.4 is 19.5 Å². The van der Waals surface area contributed by atoms with E-state index in [-0.39, 0.29) is 12.5 Å². The van der Waals surface area contributed by atoms with Gasteiger partial charge in [0.1, 0.15) is 5.75 Å². The molecule has 1 saturated heterocycles. The van der Waals surface area contributed by atoms with Gasteiger partial charge in [-0.3, -0.25) is 15.0 Å². The molecule has 0 radical (unpaired) electrons. The summed E-state index contributed by atoms with van der Waals surface area (Å²) in [6.45, 7) is 4.42. The highest BCUT2D eigenvalue weighted by Crippen LogP contribution is 2.33. The molecule has 2 aromatic carbocycles. The van der Waals surface area contributed by atoms with Gasteiger partial charge in [-0.05, 0) is 36.0 Å². The highest BCUT2D eigenvalue weighted by atomic mass is 32.1. The summed E-state index contributed by atoms with van der Waals surface area (Å²) in [5.41, 5.74) is 1.76. The number of hydrogen-bond donors (Lipinski definition) is 1. The van der Waals surface area contributed by atoms with Crippen LogP contribution in [0.4, 0.5) is 11.4 Å². The lowest BCUT2D eigenvalue weighted by atomic mass is 10.1. The van der Waals surface area contributed by atoms with Gasteiger partial charge in [-0.2, -0.15) is 0 Å². The van der Waals surface area contributed by atoms with Gasteiger partial charge in [-0.15, -0.1) is 0 Å². The SMILES string of the molecule is COc1cc([N+](=O)[O-])ccc1NC(=S)N1CCN(Cc2ccc3c(c2)OCO3)CC1. The van der Waals surface area contributed by atoms with E-state index < -0.39 is 4.92 Å². The highest BCUT2D eigenvalue weighted by Gasteiger charge is 2.21. The van der Waals surface area contributed by atoms with Gasteiger partial charge in [0.2, 0.25) is 6.79 Å². The lowest BCUT2D eigenvalue weighted by Crippen LogP contribution is -2.49. The molecule has 10 heteroatoms. The van der Waals surface area contributed by atoms with Crippen molar-refractivity contribution in [2.45, 2.75) is 6.54 Å². The second-order valence-electron chi connectivity index (χ2n) is 7.02. The van der Waals surface area contributed by atoms with Crippen molar-refractivity contribution in [1.29, 1.82) is 0 Å². The maximum absolute atomic E-state index is 10.9. The van der Waals surface area contributed by atoms with E-state index in [1.54, 1.807) is 6.07 Å². The van der Waals surface area contributed by atoms with E-state index in [0.29, 0.717) is 16.5 Å². The van der Waals surface area contributed by atoms with Crippen LogP contribution in [0, 0.1) is 10.1 Å². The molecule has 1 N–H and O–H groups in total. The summed E-state index contributed by atoms with van der Waals surface area (Å²) in [4.78, 5) is 14.9. The molecule has 0 unspecified atom stereocenters. The summed E-state index contributed by atoms with van der Waals surface area (Å²) in [7, 11) is 1.47. The highest BCUT2D eigenvalue weighted by molar-refractivity contribution is 7.80. The summed E-state index contributed by atoms with van der Waals surface area (Å²) in [5, 5.41) is 14.7. The fourth-order valence-electron chi connectivity index (χ4n) is 3.50. The minimum Gasteiger partial charge on any atom is -0.494 e. The number of ether oxygens (including phenoxy) is 3. The molecule has 2 heterocycles. The Balaban J connectivity index is 1.32. The molecule has 0 spiro atoms. The summed E-state index contributed by atoms with van der Waals surface area (Å²) in [6, 6.07) is 10.5. The third-order valence-electron chi connectivity index (χ3n) is 5.14. The van der Waals surface area contributed by atoms with Gasteiger partial charge in [0.05, 0.1) is 23.8 Å². The third kappa shape index (κ3) is 4.39. The first-order valence-electron chi connectivity index (χ1n) is 9.53. The predicted molar refractivity (Wildman–Crippen MR) is 115 cm³/mol. The van der Waals surface area contributed by atoms with Crippen LogP contribution in [-0.4, -0.2) is 59.9 Å². The number of nitrogens with one attached hydrogen (secondary N) is 1. The van der Waals surface area contributed by atoms with Crippen molar-refractivity contribution in [3.63, 3.8) is 0 Å². The largest absolute Gasteiger partial charge is 0.494 e. The van der Waals surface area contributed by atoms with Crippen LogP contribution in [0.5, 0.6) is 17.2 Å². The number of benzene rings is 2. The Bertz CT molecular complexity index is 962. The zero-order chi connectivity index (χ0) is 21.1. The smallest absolute Gasteiger partial charge is 0.273 e. The number of piperazine rings is 1. The predicted octanol–water partition coefficient (Wildman–Crippen LogP) is 2.85. The van der Waals surface area contributed by atoms with E-state index in [9.17, 15) is 10.1 Å². The van der Waals surface area contributed by atoms with Gasteiger partial charge in [-0.1, -0.05) is 6.07 Å². The molecule has 30 heavy (non-hydrogen) atoms. The molecule has 0 saturated carbocycles. The fourth-order valence-corrected chi connectivity index (χ4v) is 3.79. The van der Waals surface area contributed by atoms with E-state index in [1.165, 1.54) is 24.8 Å². The maximum Gasteiger partial charge on any atom is 0.273 e. The van der Waals surface area contributed by atoms with Crippen molar-refractivity contribution >= 4 is 28.7 Å². The quantitative estimate of drug-likeness (QED) is 0.437. The van der Waals surface area contributed by atoms with Crippen molar-refractivity contribution in [2.24, 2.45) is 0 Å². The summed E-state index contributed by atoms with van der Waals surface area (Å²) >= 11 is 5.55. The standard InChI is InChI=1S/C20H22N4O5S/c1-27-18-11-15(24(25)26)3-4-16(18)21-20(30)23-8-6-22(7-9-23)12-14-2-5-17-19(10-14)29-13-28-17/h2-5,10-11H,6-9,12-13H2,1H3,(H,21,30). The monoisotopic (exact) mass is 430 g/mol. The van der Waals surface area contributed by atoms with Crippen LogP contribution in [0.3, 0.4) is 0 Å². The number of fused-ring (bicyclic) bond motifs is 1. The molecule has 2 aromatic rings. The number of hydrogen-bond acceptors (Lipinski definition) is 7. The van der Waals surface area contributed by atoms with Crippen molar-refractivity contribution in [3.05, 3.63) is 52.1 Å². The molecule has 0 aliphatic carbocycles. The molecule has 0 atom stereocenters. The van der Waals surface area contributed by atoms with E-state index in [0.717, 1.165) is 44.2 Å². The Kier molecular flexibility index (Phi) is 5.86. The van der Waals surface area contributed by atoms with Crippen LogP contribution >= 0.6 is 12.2 Å². The second kappa shape index (κ2) is 8.72. The average molecular weight is 430 g/mol. The van der Waals surface area contributed by atoms with Crippen LogP contribution in [0.2, 0.25) is 0 Å². The van der Waals surface area contributed by atoms with Gasteiger partial charge in [0.15, 0.2) is 16.6 Å². The molecule has 4 rings (SSSR count). The van der Waals surface area contributed by atoms with Crippen LogP contribution in [0.25, 0.3) is 0 Å². The summed E-state index contributed by atoms with van der Waals surface area (Å²) in [5.74, 6) is 1.98. The Labute approximate surface area is 179 Å². The Hall–Kier alpha value is -3.11. The molecular formula is C20H22N4O5S. The van der Waals surface area contributed by atoms with Crippen molar-refractivity contribution in [2.75, 3.05) is 45.4 Å². The molecule has 0 aromatic heterocycles. The average Bonchev–Trinajstić information content (AvgIpc) is 3.22. The molecule has 2 aliphatic heterocycles. The molecule has 158 valence electrons. The first-order valence-corrected chi connectivity index (χ1v) is 9.93. The Morgan fingerprint density at radius 3 is 2.67 bits per heavy atom. The van der Waals surface area contributed by atoms with Crippen molar-refractivity contribution in [3.8, 4) is 17.2 Å². The second-order valence-corrected chi connectivity index (χ2v) is 7.41. The fraction of sp³-hybridized carbons (Fsp3) is 0.350. The molecule has 2 aliphatic rings. The van der Waals surface area contributed by atoms with Crippen molar-refractivity contribution in [1.82, 2.24) is 9.80 Å². The first-order chi connectivity index (χ1) is 14.5. The number of non-ortho nitro benzene ring substituents is 1. The molecule has 9 nitrogen and oxygen atoms in total. The van der Waals surface area contributed by atoms with Crippen molar-refractivity contribution < 1.29 is 19.1 Å². The topological polar surface area (TPSA) is 89.3 Å². The van der Waals surface area contributed by atoms with E-state index in [4.69, 9.17) is 26.4 Å². The maximum atomic E-state index is 10.9. The number of thiocarbonyl (C=S) groups is 1. The minimum atomic E-state index is -0.454. The zero-order valence-corrected chi connectivity index (χ0v) is 17.3. The van der Waals surface area contributed by atoms with Gasteiger partial charge >= 0.3 is 0 Å². The number of nitro groups is 1. The van der Waals surface area contributed by atoms with Crippen LogP contribution in [0.1, 0.15) is 5.56 Å². The molecule has 0 amide bonds. The Morgan fingerprint density at radius 1 is 1.17 bits per heavy atom.